The molecule has 0 spiro atoms. The quantitative estimate of drug-likeness (QED) is 0.380. The molecule has 0 saturated carbocycles. The Balaban J connectivity index is 1.81. The Morgan fingerprint density at radius 1 is 1.14 bits per heavy atom. The number of aliphatic hydroxyl groups is 2. The molecular weight excluding hydrogens is 448 g/mol. The standard InChI is InChI=1S/C26H34N4O5/c1-6-18-11-19(9-16(3)23(18)34-14-21(31)12-22(32)24(27)33)25-28-26(35-29-25)20-8-15(2)7-17(10-20)13-30(4)5/h7-11,21-22,31-32H,6,12-14H2,1-5H3,(H2,27,33)/t21-,22?/m0/s1. The zero-order valence-corrected chi connectivity index (χ0v) is 20.9. The molecular formula is C26H34N4O5. The number of carbonyl (C=O) groups excluding carboxylic acids is 1. The van der Waals surface area contributed by atoms with Crippen LogP contribution in [0.3, 0.4) is 0 Å². The summed E-state index contributed by atoms with van der Waals surface area (Å²) in [6.07, 6.45) is -1.95. The van der Waals surface area contributed by atoms with Crippen LogP contribution >= 0.6 is 0 Å². The lowest BCUT2D eigenvalue weighted by Gasteiger charge is -2.18. The van der Waals surface area contributed by atoms with Crippen LogP contribution in [0.5, 0.6) is 5.75 Å². The van der Waals surface area contributed by atoms with E-state index in [1.165, 1.54) is 5.56 Å². The summed E-state index contributed by atoms with van der Waals surface area (Å²) < 4.78 is 11.4. The largest absolute Gasteiger partial charge is 0.490 e. The molecule has 1 heterocycles. The number of aryl methyl sites for hydroxylation is 3. The Hall–Kier alpha value is -3.27. The molecule has 9 heteroatoms. The number of nitrogens with zero attached hydrogens (tertiary/aromatic N) is 3. The molecule has 0 radical (unpaired) electrons. The van der Waals surface area contributed by atoms with E-state index in [4.69, 9.17) is 15.0 Å². The number of aromatic nitrogens is 2. The maximum Gasteiger partial charge on any atom is 0.258 e. The lowest BCUT2D eigenvalue weighted by atomic mass is 10.0. The molecule has 188 valence electrons. The molecule has 0 aliphatic carbocycles. The van der Waals surface area contributed by atoms with Crippen LogP contribution in [0.4, 0.5) is 0 Å². The smallest absolute Gasteiger partial charge is 0.258 e. The zero-order chi connectivity index (χ0) is 25.7. The van der Waals surface area contributed by atoms with Crippen LogP contribution in [-0.2, 0) is 17.8 Å². The molecule has 0 bridgehead atoms. The van der Waals surface area contributed by atoms with Gasteiger partial charge in [-0.05, 0) is 75.3 Å². The number of aliphatic hydroxyl groups excluding tert-OH is 2. The van der Waals surface area contributed by atoms with E-state index >= 15 is 0 Å². The highest BCUT2D eigenvalue weighted by molar-refractivity contribution is 5.78. The van der Waals surface area contributed by atoms with Crippen molar-refractivity contribution < 1.29 is 24.3 Å². The van der Waals surface area contributed by atoms with Crippen molar-refractivity contribution in [3.63, 3.8) is 0 Å². The van der Waals surface area contributed by atoms with E-state index in [1.807, 2.05) is 53.1 Å². The lowest BCUT2D eigenvalue weighted by Crippen LogP contribution is -2.33. The van der Waals surface area contributed by atoms with Crippen LogP contribution in [0.1, 0.15) is 35.6 Å². The number of hydrogen-bond donors (Lipinski definition) is 3. The minimum absolute atomic E-state index is 0.0769. The minimum Gasteiger partial charge on any atom is -0.490 e. The Morgan fingerprint density at radius 3 is 2.54 bits per heavy atom. The van der Waals surface area contributed by atoms with E-state index in [0.29, 0.717) is 23.9 Å². The van der Waals surface area contributed by atoms with Crippen LogP contribution in [-0.4, -0.2) is 64.1 Å². The zero-order valence-electron chi connectivity index (χ0n) is 20.9. The normalized spacial score (nSPS) is 13.1. The Morgan fingerprint density at radius 2 is 1.89 bits per heavy atom. The van der Waals surface area contributed by atoms with Crippen LogP contribution in [0, 0.1) is 13.8 Å². The number of primary amides is 1. The fourth-order valence-corrected chi connectivity index (χ4v) is 3.97. The number of carbonyl (C=O) groups is 1. The summed E-state index contributed by atoms with van der Waals surface area (Å²) in [5, 5.41) is 23.8. The molecule has 0 aliphatic rings. The molecule has 0 fully saturated rings. The van der Waals surface area contributed by atoms with Crippen molar-refractivity contribution >= 4 is 5.91 Å². The highest BCUT2D eigenvalue weighted by Gasteiger charge is 2.19. The molecule has 0 saturated heterocycles. The number of benzene rings is 2. The van der Waals surface area contributed by atoms with Crippen LogP contribution in [0.15, 0.2) is 34.9 Å². The third kappa shape index (κ3) is 6.88. The Bertz CT molecular complexity index is 1170. The molecule has 1 unspecified atom stereocenters. The summed E-state index contributed by atoms with van der Waals surface area (Å²) in [7, 11) is 4.05. The predicted molar refractivity (Wildman–Crippen MR) is 133 cm³/mol. The average molecular weight is 483 g/mol. The van der Waals surface area contributed by atoms with Crippen LogP contribution in [0.25, 0.3) is 22.8 Å². The second-order valence-corrected chi connectivity index (χ2v) is 9.12. The maximum atomic E-state index is 11.0. The number of rotatable bonds is 11. The van der Waals surface area contributed by atoms with Gasteiger partial charge >= 0.3 is 0 Å². The summed E-state index contributed by atoms with van der Waals surface area (Å²) in [6, 6.07) is 10.1. The highest BCUT2D eigenvalue weighted by atomic mass is 16.5. The van der Waals surface area contributed by atoms with E-state index in [-0.39, 0.29) is 13.0 Å². The van der Waals surface area contributed by atoms with Crippen LogP contribution < -0.4 is 10.5 Å². The van der Waals surface area contributed by atoms with Gasteiger partial charge in [-0.25, -0.2) is 0 Å². The van der Waals surface area contributed by atoms with Gasteiger partial charge in [-0.15, -0.1) is 0 Å². The summed E-state index contributed by atoms with van der Waals surface area (Å²) in [6.45, 7) is 6.68. The van der Waals surface area contributed by atoms with Gasteiger partial charge in [0.1, 0.15) is 18.5 Å². The maximum absolute atomic E-state index is 11.0. The summed E-state index contributed by atoms with van der Waals surface area (Å²) in [4.78, 5) is 17.7. The summed E-state index contributed by atoms with van der Waals surface area (Å²) in [5.41, 5.74) is 10.8. The fourth-order valence-electron chi connectivity index (χ4n) is 3.97. The molecule has 1 amide bonds. The molecule has 3 rings (SSSR count). The molecule has 35 heavy (non-hydrogen) atoms. The minimum atomic E-state index is -1.41. The first kappa shape index (κ1) is 26.3. The SMILES string of the molecule is CCc1cc(-c2noc(-c3cc(C)cc(CN(C)C)c3)n2)cc(C)c1OC[C@@H](O)CC(O)C(N)=O. The van der Waals surface area contributed by atoms with Gasteiger partial charge in [-0.1, -0.05) is 23.7 Å². The van der Waals surface area contributed by atoms with E-state index in [0.717, 1.165) is 34.4 Å². The van der Waals surface area contributed by atoms with Gasteiger partial charge < -0.3 is 30.1 Å². The first-order chi connectivity index (χ1) is 16.6. The van der Waals surface area contributed by atoms with Gasteiger partial charge in [0.15, 0.2) is 0 Å². The molecule has 0 aliphatic heterocycles. The third-order valence-electron chi connectivity index (χ3n) is 5.54. The number of nitrogens with two attached hydrogens (primary N) is 1. The summed E-state index contributed by atoms with van der Waals surface area (Å²) >= 11 is 0. The third-order valence-corrected chi connectivity index (χ3v) is 5.54. The molecule has 1 aromatic heterocycles. The monoisotopic (exact) mass is 482 g/mol. The van der Waals surface area contributed by atoms with Crippen molar-refractivity contribution in [1.82, 2.24) is 15.0 Å². The second-order valence-electron chi connectivity index (χ2n) is 9.12. The van der Waals surface area contributed by atoms with Gasteiger partial charge in [0.25, 0.3) is 5.89 Å². The summed E-state index contributed by atoms with van der Waals surface area (Å²) in [5.74, 6) is 0.693. The fraction of sp³-hybridized carbons (Fsp3) is 0.423. The van der Waals surface area contributed by atoms with Crippen molar-refractivity contribution in [2.45, 2.75) is 52.4 Å². The molecule has 2 atom stereocenters. The van der Waals surface area contributed by atoms with Crippen molar-refractivity contribution in [3.8, 4) is 28.6 Å². The molecule has 9 nitrogen and oxygen atoms in total. The van der Waals surface area contributed by atoms with Gasteiger partial charge in [0.05, 0.1) is 6.10 Å². The first-order valence-corrected chi connectivity index (χ1v) is 11.6. The van der Waals surface area contributed by atoms with E-state index in [1.54, 1.807) is 0 Å². The van der Waals surface area contributed by atoms with Gasteiger partial charge in [0, 0.05) is 24.1 Å². The van der Waals surface area contributed by atoms with Crippen molar-refractivity contribution in [3.05, 3.63) is 52.6 Å². The molecule has 2 aromatic carbocycles. The van der Waals surface area contributed by atoms with E-state index in [9.17, 15) is 15.0 Å². The van der Waals surface area contributed by atoms with E-state index < -0.39 is 18.1 Å². The van der Waals surface area contributed by atoms with E-state index in [2.05, 4.69) is 27.2 Å². The molecule has 3 aromatic rings. The van der Waals surface area contributed by atoms with Crippen molar-refractivity contribution in [2.24, 2.45) is 5.73 Å². The van der Waals surface area contributed by atoms with Gasteiger partial charge in [-0.3, -0.25) is 4.79 Å². The average Bonchev–Trinajstić information content (AvgIpc) is 3.27. The van der Waals surface area contributed by atoms with Crippen LogP contribution in [0.2, 0.25) is 0 Å². The first-order valence-electron chi connectivity index (χ1n) is 11.6. The molecule has 4 N–H and O–H groups in total. The Kier molecular flexibility index (Phi) is 8.61. The predicted octanol–water partition coefficient (Wildman–Crippen LogP) is 2.62. The van der Waals surface area contributed by atoms with Gasteiger partial charge in [0.2, 0.25) is 11.7 Å². The Labute approximate surface area is 205 Å². The topological polar surface area (TPSA) is 135 Å². The number of amides is 1. The van der Waals surface area contributed by atoms with Gasteiger partial charge in [-0.2, -0.15) is 4.98 Å². The second kappa shape index (κ2) is 11.4. The number of hydrogen-bond acceptors (Lipinski definition) is 8. The highest BCUT2D eigenvalue weighted by Crippen LogP contribution is 2.31. The lowest BCUT2D eigenvalue weighted by molar-refractivity contribution is -0.127. The van der Waals surface area contributed by atoms with Crippen molar-refractivity contribution in [2.75, 3.05) is 20.7 Å². The number of ether oxygens (including phenoxy) is 1. The van der Waals surface area contributed by atoms with Crippen molar-refractivity contribution in [1.29, 1.82) is 0 Å².